The second-order valence-corrected chi connectivity index (χ2v) is 2.00. The van der Waals surface area contributed by atoms with E-state index in [9.17, 15) is 4.79 Å². The first-order valence-corrected chi connectivity index (χ1v) is 3.54. The molecule has 1 heterocycles. The Balaban J connectivity index is 0.000000255. The zero-order valence-corrected chi connectivity index (χ0v) is 7.35. The molecule has 8 heteroatoms. The van der Waals surface area contributed by atoms with Gasteiger partial charge in [0.15, 0.2) is 0 Å². The van der Waals surface area contributed by atoms with Gasteiger partial charge >= 0.3 is 5.97 Å². The highest BCUT2D eigenvalue weighted by atomic mass is 16.4. The molecule has 0 radical (unpaired) electrons. The van der Waals surface area contributed by atoms with Crippen LogP contribution in [-0.2, 0) is 4.79 Å². The third kappa shape index (κ3) is 8.14. The topological polar surface area (TPSA) is 119 Å². The number of hydrogen-bond donors (Lipinski definition) is 2. The zero-order valence-electron chi connectivity index (χ0n) is 7.35. The van der Waals surface area contributed by atoms with Gasteiger partial charge in [0.25, 0.3) is 0 Å². The molecule has 0 aromatic rings. The molecule has 1 aliphatic heterocycles. The molecule has 8 nitrogen and oxygen atoms in total. The van der Waals surface area contributed by atoms with Gasteiger partial charge in [-0.15, -0.1) is 10.2 Å². The van der Waals surface area contributed by atoms with Crippen molar-refractivity contribution in [1.82, 2.24) is 0 Å². The average Bonchev–Trinajstić information content (AvgIpc) is 2.03. The fraction of sp³-hybridized carbons (Fsp3) is 0.333. The molecule has 2 N–H and O–H groups in total. The molecule has 0 aromatic carbocycles. The largest absolute Gasteiger partial charge is 0.479 e. The van der Waals surface area contributed by atoms with Crippen molar-refractivity contribution >= 4 is 12.2 Å². The van der Waals surface area contributed by atoms with Gasteiger partial charge in [0, 0.05) is 0 Å². The van der Waals surface area contributed by atoms with E-state index in [0.717, 1.165) is 0 Å². The highest BCUT2D eigenvalue weighted by molar-refractivity contribution is 5.71. The van der Waals surface area contributed by atoms with Crippen molar-refractivity contribution in [2.75, 3.05) is 0 Å². The Morgan fingerprint density at radius 2 is 2.00 bits per heavy atom. The molecule has 76 valence electrons. The summed E-state index contributed by atoms with van der Waals surface area (Å²) in [6, 6.07) is 0. The number of rotatable bonds is 1. The van der Waals surface area contributed by atoms with Crippen molar-refractivity contribution in [1.29, 1.82) is 0 Å². The molecule has 0 fully saturated rings. The van der Waals surface area contributed by atoms with Crippen molar-refractivity contribution in [3.8, 4) is 0 Å². The lowest BCUT2D eigenvalue weighted by Crippen LogP contribution is -2.13. The molecule has 0 aromatic heterocycles. The predicted molar refractivity (Wildman–Crippen MR) is 46.7 cm³/mol. The van der Waals surface area contributed by atoms with E-state index < -0.39 is 12.1 Å². The van der Waals surface area contributed by atoms with Crippen LogP contribution in [0.15, 0.2) is 38.2 Å². The minimum Gasteiger partial charge on any atom is -0.479 e. The van der Waals surface area contributed by atoms with Gasteiger partial charge in [-0.3, -0.25) is 0 Å². The number of aliphatic hydroxyl groups excluding tert-OH is 1. The van der Waals surface area contributed by atoms with E-state index in [0.29, 0.717) is 0 Å². The van der Waals surface area contributed by atoms with Gasteiger partial charge in [0.2, 0.25) is 0 Å². The van der Waals surface area contributed by atoms with Gasteiger partial charge in [0.1, 0.15) is 6.10 Å². The van der Waals surface area contributed by atoms with Crippen molar-refractivity contribution < 1.29 is 15.0 Å². The van der Waals surface area contributed by atoms with E-state index in [2.05, 4.69) is 25.9 Å². The molecule has 1 atom stereocenters. The van der Waals surface area contributed by atoms with Crippen LogP contribution in [0.1, 0.15) is 6.92 Å². The smallest absolute Gasteiger partial charge is 0.332 e. The van der Waals surface area contributed by atoms with Gasteiger partial charge in [-0.1, -0.05) is 0 Å². The van der Waals surface area contributed by atoms with Crippen LogP contribution in [0.4, 0.5) is 0 Å². The van der Waals surface area contributed by atoms with Crippen LogP contribution in [0.3, 0.4) is 0 Å². The van der Waals surface area contributed by atoms with E-state index in [1.807, 2.05) is 0 Å². The molecule has 1 aliphatic rings. The Morgan fingerprint density at radius 3 is 2.57 bits per heavy atom. The Kier molecular flexibility index (Phi) is 6.60. The van der Waals surface area contributed by atoms with Crippen molar-refractivity contribution in [3.63, 3.8) is 0 Å². The van der Waals surface area contributed by atoms with Crippen LogP contribution < -0.4 is 0 Å². The second-order valence-electron chi connectivity index (χ2n) is 2.00. The summed E-state index contributed by atoms with van der Waals surface area (Å²) in [5.41, 5.74) is 0. The molecule has 14 heavy (non-hydrogen) atoms. The maximum Gasteiger partial charge on any atom is 0.332 e. The van der Waals surface area contributed by atoms with Crippen LogP contribution in [0.2, 0.25) is 0 Å². The van der Waals surface area contributed by atoms with Crippen LogP contribution in [0, 0.1) is 0 Å². The number of allylic oxidation sites excluding steroid dienone is 1. The van der Waals surface area contributed by atoms with Crippen LogP contribution in [-0.4, -0.2) is 28.5 Å². The first kappa shape index (κ1) is 12.0. The first-order valence-electron chi connectivity index (χ1n) is 3.54. The molecule has 0 saturated heterocycles. The monoisotopic (exact) mass is 199 g/mol. The molecule has 0 bridgehead atoms. The van der Waals surface area contributed by atoms with Gasteiger partial charge < -0.3 is 10.2 Å². The summed E-state index contributed by atoms with van der Waals surface area (Å²) in [5, 5.41) is 32.2. The summed E-state index contributed by atoms with van der Waals surface area (Å²) in [6.07, 6.45) is 3.33. The molecule has 0 amide bonds. The maximum absolute atomic E-state index is 9.45. The molecular weight excluding hydrogens is 190 g/mol. The number of nitrogens with zero attached hydrogens (tertiary/aromatic N) is 5. The van der Waals surface area contributed by atoms with E-state index in [-0.39, 0.29) is 0 Å². The van der Waals surface area contributed by atoms with Crippen LogP contribution in [0.25, 0.3) is 0 Å². The zero-order chi connectivity index (χ0) is 10.8. The highest BCUT2D eigenvalue weighted by Gasteiger charge is 2.01. The fourth-order valence-corrected chi connectivity index (χ4v) is 0.239. The lowest BCUT2D eigenvalue weighted by Gasteiger charge is -1.89. The van der Waals surface area contributed by atoms with E-state index in [1.165, 1.54) is 19.3 Å². The lowest BCUT2D eigenvalue weighted by atomic mass is 10.4. The highest BCUT2D eigenvalue weighted by Crippen LogP contribution is 1.85. The molecular formula is C6H9N5O3. The Labute approximate surface area is 79.4 Å². The predicted octanol–water partition coefficient (Wildman–Crippen LogP) is 0.771. The molecule has 1 rings (SSSR count). The number of aliphatic carboxylic acids is 1. The number of carboxylic acids is 1. The van der Waals surface area contributed by atoms with Gasteiger partial charge in [-0.2, -0.15) is 0 Å². The summed E-state index contributed by atoms with van der Waals surface area (Å²) >= 11 is 0. The normalized spacial score (nSPS) is 24.1. The summed E-state index contributed by atoms with van der Waals surface area (Å²) in [6.45, 7) is 1.20. The number of carbonyl (C=O) groups is 1. The number of carboxylic acid groups (broad SMARTS) is 1. The lowest BCUT2D eigenvalue weighted by molar-refractivity contribution is -0.145. The Bertz CT molecular complexity index is 225. The van der Waals surface area contributed by atoms with Gasteiger partial charge in [0.05, 0.1) is 12.4 Å². The molecule has 1 unspecified atom stereocenters. The molecule has 0 saturated carbocycles. The molecule has 0 aliphatic carbocycles. The first-order chi connectivity index (χ1) is 6.64. The minimum absolute atomic E-state index is 1.19. The van der Waals surface area contributed by atoms with Crippen LogP contribution >= 0.6 is 0 Å². The Hall–Kier alpha value is -1.96. The summed E-state index contributed by atoms with van der Waals surface area (Å²) in [7, 11) is 0. The SMILES string of the molecule is C1=C\N=N/N=N\N=C/1.CC(O)C(=O)O. The summed E-state index contributed by atoms with van der Waals surface area (Å²) in [4.78, 5) is 9.45. The van der Waals surface area contributed by atoms with Crippen molar-refractivity contribution in [3.05, 3.63) is 12.3 Å². The fourth-order valence-electron chi connectivity index (χ4n) is 0.239. The van der Waals surface area contributed by atoms with E-state index >= 15 is 0 Å². The third-order valence-corrected chi connectivity index (χ3v) is 0.846. The average molecular weight is 199 g/mol. The van der Waals surface area contributed by atoms with Crippen molar-refractivity contribution in [2.24, 2.45) is 25.9 Å². The number of aliphatic hydroxyl groups is 1. The van der Waals surface area contributed by atoms with E-state index in [1.54, 1.807) is 6.08 Å². The summed E-state index contributed by atoms with van der Waals surface area (Å²) in [5.74, 6) is -1.19. The second kappa shape index (κ2) is 7.68. The van der Waals surface area contributed by atoms with E-state index in [4.69, 9.17) is 10.2 Å². The maximum atomic E-state index is 9.45. The standard InChI is InChI=1S/C3H3N5.C3H6O3/c1-2-4-6-8-7-5-3-1;1-2(4)3(5)6/h1-3H;2,4H,1H3,(H,5,6)/b2-1-,3-1?,4-2?,5-3-,6-4-,7-5?,8-6?,8-7-;. The third-order valence-electron chi connectivity index (χ3n) is 0.846. The number of hydrogen-bond acceptors (Lipinski definition) is 7. The quantitative estimate of drug-likeness (QED) is 0.648. The Morgan fingerprint density at radius 1 is 1.36 bits per heavy atom. The summed E-state index contributed by atoms with van der Waals surface area (Å²) < 4.78 is 0. The van der Waals surface area contributed by atoms with Gasteiger partial charge in [-0.05, 0) is 28.7 Å². The van der Waals surface area contributed by atoms with Gasteiger partial charge in [-0.25, -0.2) is 4.79 Å². The minimum atomic E-state index is -1.23. The molecule has 0 spiro atoms. The van der Waals surface area contributed by atoms with Crippen LogP contribution in [0.5, 0.6) is 0 Å². The van der Waals surface area contributed by atoms with Crippen molar-refractivity contribution in [2.45, 2.75) is 13.0 Å².